The fourth-order valence-electron chi connectivity index (χ4n) is 3.88. The number of allylic oxidation sites excluding steroid dienone is 1. The summed E-state index contributed by atoms with van der Waals surface area (Å²) in [5, 5.41) is 15.9. The first-order valence-electron chi connectivity index (χ1n) is 10.4. The Balaban J connectivity index is 1.77. The maximum atomic E-state index is 12.6. The minimum absolute atomic E-state index is 0.0432. The summed E-state index contributed by atoms with van der Waals surface area (Å²) in [7, 11) is 1.30. The van der Waals surface area contributed by atoms with Crippen molar-refractivity contribution in [3.63, 3.8) is 0 Å². The number of nitriles is 1. The second-order valence-corrected chi connectivity index (χ2v) is 8.87. The Morgan fingerprint density at radius 2 is 1.82 bits per heavy atom. The van der Waals surface area contributed by atoms with Gasteiger partial charge in [-0.25, -0.2) is 4.79 Å². The van der Waals surface area contributed by atoms with Crippen molar-refractivity contribution in [2.75, 3.05) is 18.2 Å². The molecule has 0 saturated carbocycles. The van der Waals surface area contributed by atoms with Crippen molar-refractivity contribution in [3.05, 3.63) is 74.8 Å². The number of benzene rings is 2. The van der Waals surface area contributed by atoms with Crippen LogP contribution in [0.5, 0.6) is 0 Å². The van der Waals surface area contributed by atoms with Gasteiger partial charge in [0, 0.05) is 18.0 Å². The Kier molecular flexibility index (Phi) is 7.56. The molecule has 0 bridgehead atoms. The number of carbonyl (C=O) groups is 3. The Morgan fingerprint density at radius 1 is 1.18 bits per heavy atom. The lowest BCUT2D eigenvalue weighted by Gasteiger charge is -2.25. The number of ether oxygens (including phenoxy) is 1. The summed E-state index contributed by atoms with van der Waals surface area (Å²) < 4.78 is 4.71. The van der Waals surface area contributed by atoms with Crippen LogP contribution < -0.4 is 10.6 Å². The molecule has 3 rings (SSSR count). The fraction of sp³-hybridized carbons (Fsp3) is 0.280. The van der Waals surface area contributed by atoms with Crippen molar-refractivity contribution >= 4 is 35.2 Å². The van der Waals surface area contributed by atoms with Gasteiger partial charge in [-0.2, -0.15) is 5.26 Å². The van der Waals surface area contributed by atoms with Gasteiger partial charge in [-0.15, -0.1) is 0 Å². The largest absolute Gasteiger partial charge is 0.465 e. The third-order valence-electron chi connectivity index (χ3n) is 5.38. The third kappa shape index (κ3) is 5.62. The van der Waals surface area contributed by atoms with Crippen LogP contribution in [0.1, 0.15) is 45.0 Å². The predicted octanol–water partition coefficient (Wildman–Crippen LogP) is 4.11. The Hall–Kier alpha value is -3.57. The minimum Gasteiger partial charge on any atom is -0.465 e. The van der Waals surface area contributed by atoms with Gasteiger partial charge in [-0.3, -0.25) is 9.59 Å². The number of hydrogen-bond donors (Lipinski definition) is 2. The van der Waals surface area contributed by atoms with E-state index in [4.69, 9.17) is 4.74 Å². The van der Waals surface area contributed by atoms with E-state index >= 15 is 0 Å². The number of aryl methyl sites for hydroxylation is 3. The molecule has 2 aromatic carbocycles. The van der Waals surface area contributed by atoms with Crippen LogP contribution in [0.4, 0.5) is 5.69 Å². The molecule has 0 radical (unpaired) electrons. The van der Waals surface area contributed by atoms with Crippen molar-refractivity contribution in [1.82, 2.24) is 5.32 Å². The molecule has 1 aliphatic rings. The smallest absolute Gasteiger partial charge is 0.337 e. The molecule has 0 saturated heterocycles. The van der Waals surface area contributed by atoms with Crippen LogP contribution in [0.3, 0.4) is 0 Å². The Bertz CT molecular complexity index is 1160. The molecular weight excluding hydrogens is 438 g/mol. The van der Waals surface area contributed by atoms with Gasteiger partial charge >= 0.3 is 5.97 Å². The highest BCUT2D eigenvalue weighted by Gasteiger charge is 2.30. The maximum absolute atomic E-state index is 12.6. The summed E-state index contributed by atoms with van der Waals surface area (Å²) in [6.45, 7) is 5.88. The summed E-state index contributed by atoms with van der Waals surface area (Å²) in [6, 6.07) is 12.8. The van der Waals surface area contributed by atoms with Crippen molar-refractivity contribution in [2.45, 2.75) is 33.1 Å². The molecular formula is C25H25N3O4S. The zero-order chi connectivity index (χ0) is 24.1. The SMILES string of the molecule is COC(=O)c1ccc([C@@H]2CC(=O)NC(SCC(=O)Nc3c(C)cc(C)cc3C)=C2C#N)cc1. The number of esters is 1. The van der Waals surface area contributed by atoms with Crippen LogP contribution in [0, 0.1) is 32.1 Å². The summed E-state index contributed by atoms with van der Waals surface area (Å²) in [4.78, 5) is 36.6. The number of methoxy groups -OCH3 is 1. The molecule has 170 valence electrons. The highest BCUT2D eigenvalue weighted by Crippen LogP contribution is 2.36. The van der Waals surface area contributed by atoms with E-state index in [9.17, 15) is 19.6 Å². The lowest BCUT2D eigenvalue weighted by Crippen LogP contribution is -2.31. The summed E-state index contributed by atoms with van der Waals surface area (Å²) in [5.41, 5.74) is 5.36. The maximum Gasteiger partial charge on any atom is 0.337 e. The highest BCUT2D eigenvalue weighted by molar-refractivity contribution is 8.03. The van der Waals surface area contributed by atoms with Gasteiger partial charge in [0.25, 0.3) is 0 Å². The van der Waals surface area contributed by atoms with Gasteiger partial charge < -0.3 is 15.4 Å². The minimum atomic E-state index is -0.458. The van der Waals surface area contributed by atoms with Gasteiger partial charge in [0.2, 0.25) is 11.8 Å². The zero-order valence-corrected chi connectivity index (χ0v) is 19.8. The second kappa shape index (κ2) is 10.4. The summed E-state index contributed by atoms with van der Waals surface area (Å²) in [6.07, 6.45) is 0.110. The van der Waals surface area contributed by atoms with Crippen LogP contribution in [-0.4, -0.2) is 30.6 Å². The van der Waals surface area contributed by atoms with E-state index in [-0.39, 0.29) is 24.0 Å². The molecule has 8 heteroatoms. The fourth-order valence-corrected chi connectivity index (χ4v) is 4.75. The molecule has 2 N–H and O–H groups in total. The second-order valence-electron chi connectivity index (χ2n) is 7.88. The first-order chi connectivity index (χ1) is 15.7. The van der Waals surface area contributed by atoms with Crippen LogP contribution in [0.25, 0.3) is 0 Å². The highest BCUT2D eigenvalue weighted by atomic mass is 32.2. The van der Waals surface area contributed by atoms with E-state index in [0.717, 1.165) is 39.7 Å². The number of hydrogen-bond acceptors (Lipinski definition) is 6. The molecule has 0 fully saturated rings. The molecule has 2 aromatic rings. The molecule has 7 nitrogen and oxygen atoms in total. The van der Waals surface area contributed by atoms with Crippen LogP contribution >= 0.6 is 11.8 Å². The Morgan fingerprint density at radius 3 is 2.39 bits per heavy atom. The van der Waals surface area contributed by atoms with Gasteiger partial charge in [0.05, 0.1) is 35.1 Å². The number of nitrogens with zero attached hydrogens (tertiary/aromatic N) is 1. The molecule has 2 amide bonds. The topological polar surface area (TPSA) is 108 Å². The van der Waals surface area contributed by atoms with Crippen molar-refractivity contribution < 1.29 is 19.1 Å². The lowest BCUT2D eigenvalue weighted by molar-refractivity contribution is -0.121. The van der Waals surface area contributed by atoms with E-state index in [0.29, 0.717) is 16.2 Å². The van der Waals surface area contributed by atoms with Gasteiger partial charge in [-0.1, -0.05) is 41.6 Å². The molecule has 33 heavy (non-hydrogen) atoms. The lowest BCUT2D eigenvalue weighted by atomic mass is 9.87. The predicted molar refractivity (Wildman–Crippen MR) is 128 cm³/mol. The number of anilines is 1. The number of amides is 2. The molecule has 1 heterocycles. The van der Waals surface area contributed by atoms with Crippen LogP contribution in [0.2, 0.25) is 0 Å². The monoisotopic (exact) mass is 463 g/mol. The zero-order valence-electron chi connectivity index (χ0n) is 18.9. The average Bonchev–Trinajstić information content (AvgIpc) is 2.79. The summed E-state index contributed by atoms with van der Waals surface area (Å²) >= 11 is 1.13. The van der Waals surface area contributed by atoms with E-state index in [1.807, 2.05) is 32.9 Å². The van der Waals surface area contributed by atoms with Crippen molar-refractivity contribution in [2.24, 2.45) is 0 Å². The first kappa shape index (κ1) is 24.1. The molecule has 1 atom stereocenters. The quantitative estimate of drug-likeness (QED) is 0.624. The molecule has 0 spiro atoms. The van der Waals surface area contributed by atoms with E-state index in [2.05, 4.69) is 16.7 Å². The van der Waals surface area contributed by atoms with Crippen LogP contribution in [0.15, 0.2) is 47.0 Å². The van der Waals surface area contributed by atoms with E-state index in [1.54, 1.807) is 24.3 Å². The van der Waals surface area contributed by atoms with Crippen LogP contribution in [-0.2, 0) is 14.3 Å². The average molecular weight is 464 g/mol. The standard InChI is InChI=1S/C25H25N3O4S/c1-14-9-15(2)23(16(3)10-14)27-22(30)13-33-24-20(12-26)19(11-21(29)28-24)17-5-7-18(8-6-17)25(31)32-4/h5-10,19H,11,13H2,1-4H3,(H,27,30)(H,28,29)/t19-/m0/s1. The number of thioether (sulfide) groups is 1. The molecule has 0 aromatic heterocycles. The molecule has 1 aliphatic heterocycles. The van der Waals surface area contributed by atoms with Crippen molar-refractivity contribution in [1.29, 1.82) is 5.26 Å². The van der Waals surface area contributed by atoms with Crippen molar-refractivity contribution in [3.8, 4) is 6.07 Å². The van der Waals surface area contributed by atoms with E-state index in [1.165, 1.54) is 7.11 Å². The summed E-state index contributed by atoms with van der Waals surface area (Å²) in [5.74, 6) is -1.33. The van der Waals surface area contributed by atoms with E-state index < -0.39 is 11.9 Å². The van der Waals surface area contributed by atoms with Gasteiger partial charge in [-0.05, 0) is 49.6 Å². The van der Waals surface area contributed by atoms with Gasteiger partial charge in [0.15, 0.2) is 0 Å². The number of rotatable bonds is 6. The number of nitrogens with one attached hydrogen (secondary N) is 2. The molecule has 0 aliphatic carbocycles. The number of carbonyl (C=O) groups excluding carboxylic acids is 3. The van der Waals surface area contributed by atoms with Gasteiger partial charge in [0.1, 0.15) is 0 Å². The Labute approximate surface area is 197 Å². The molecule has 0 unspecified atom stereocenters. The normalized spacial score (nSPS) is 15.5. The third-order valence-corrected chi connectivity index (χ3v) is 6.40. The first-order valence-corrected chi connectivity index (χ1v) is 11.3.